The third-order valence-electron chi connectivity index (χ3n) is 2.58. The summed E-state index contributed by atoms with van der Waals surface area (Å²) in [5.74, 6) is 0.129. The molecule has 0 aromatic heterocycles. The average molecular weight is 274 g/mol. The molecule has 0 aliphatic carbocycles. The fourth-order valence-electron chi connectivity index (χ4n) is 1.65. The van der Waals surface area contributed by atoms with Gasteiger partial charge >= 0.3 is 5.69 Å². The van der Waals surface area contributed by atoms with Gasteiger partial charge in [0.2, 0.25) is 0 Å². The molecule has 0 aliphatic heterocycles. The van der Waals surface area contributed by atoms with Crippen LogP contribution in [0.4, 0.5) is 11.4 Å². The Morgan fingerprint density at radius 2 is 1.70 bits per heavy atom. The minimum atomic E-state index is -0.539. The van der Waals surface area contributed by atoms with Crippen LogP contribution in [0.5, 0.6) is 5.75 Å². The van der Waals surface area contributed by atoms with Gasteiger partial charge in [0.25, 0.3) is 5.69 Å². The molecule has 2 aromatic rings. The van der Waals surface area contributed by atoms with Crippen LogP contribution in [0.25, 0.3) is 0 Å². The standard InChI is InChI=1S/C13H10N2O5/c16-14(17)11-5-3-4-10(8-11)9-20-13-7-2-1-6-12(13)15(18)19/h1-8H,9H2. The molecule has 2 aromatic carbocycles. The predicted molar refractivity (Wildman–Crippen MR) is 70.5 cm³/mol. The topological polar surface area (TPSA) is 95.5 Å². The van der Waals surface area contributed by atoms with Crippen molar-refractivity contribution in [3.63, 3.8) is 0 Å². The number of nitrogens with zero attached hydrogens (tertiary/aromatic N) is 2. The van der Waals surface area contributed by atoms with Crippen molar-refractivity contribution < 1.29 is 14.6 Å². The molecule has 0 unspecified atom stereocenters. The Bertz CT molecular complexity index is 657. The first kappa shape index (κ1) is 13.5. The van der Waals surface area contributed by atoms with Crippen LogP contribution in [0, 0.1) is 20.2 Å². The lowest BCUT2D eigenvalue weighted by Crippen LogP contribution is -1.99. The Morgan fingerprint density at radius 1 is 0.950 bits per heavy atom. The van der Waals surface area contributed by atoms with Crippen molar-refractivity contribution in [3.8, 4) is 5.75 Å². The predicted octanol–water partition coefficient (Wildman–Crippen LogP) is 3.08. The first-order chi connectivity index (χ1) is 9.58. The second kappa shape index (κ2) is 5.79. The summed E-state index contributed by atoms with van der Waals surface area (Å²) in [6.45, 7) is 0.0204. The lowest BCUT2D eigenvalue weighted by Gasteiger charge is -2.06. The number of hydrogen-bond acceptors (Lipinski definition) is 5. The largest absolute Gasteiger partial charge is 0.482 e. The van der Waals surface area contributed by atoms with E-state index in [1.165, 1.54) is 30.3 Å². The van der Waals surface area contributed by atoms with Crippen molar-refractivity contribution in [1.82, 2.24) is 0 Å². The molecule has 0 amide bonds. The molecule has 0 atom stereocenters. The van der Waals surface area contributed by atoms with Gasteiger partial charge in [-0.05, 0) is 11.6 Å². The molecule has 0 radical (unpaired) electrons. The second-order valence-electron chi connectivity index (χ2n) is 3.94. The first-order valence-corrected chi connectivity index (χ1v) is 5.67. The Kier molecular flexibility index (Phi) is 3.90. The third kappa shape index (κ3) is 3.08. The number of rotatable bonds is 5. The van der Waals surface area contributed by atoms with E-state index in [-0.39, 0.29) is 23.7 Å². The van der Waals surface area contributed by atoms with Gasteiger partial charge in [0.15, 0.2) is 5.75 Å². The SMILES string of the molecule is O=[N+]([O-])c1cccc(COc2ccccc2[N+](=O)[O-])c1. The maximum Gasteiger partial charge on any atom is 0.310 e. The van der Waals surface area contributed by atoms with Crippen molar-refractivity contribution in [2.24, 2.45) is 0 Å². The third-order valence-corrected chi connectivity index (χ3v) is 2.58. The van der Waals surface area contributed by atoms with Crippen LogP contribution in [-0.4, -0.2) is 9.85 Å². The molecule has 7 nitrogen and oxygen atoms in total. The van der Waals surface area contributed by atoms with Crippen molar-refractivity contribution in [2.45, 2.75) is 6.61 Å². The fourth-order valence-corrected chi connectivity index (χ4v) is 1.65. The summed E-state index contributed by atoms with van der Waals surface area (Å²) in [4.78, 5) is 20.4. The zero-order chi connectivity index (χ0) is 14.5. The van der Waals surface area contributed by atoms with E-state index in [0.29, 0.717) is 5.56 Å². The Hall–Kier alpha value is -2.96. The molecule has 102 valence electrons. The summed E-state index contributed by atoms with van der Waals surface area (Å²) in [5.41, 5.74) is 0.379. The molecule has 0 fully saturated rings. The highest BCUT2D eigenvalue weighted by Gasteiger charge is 2.14. The minimum Gasteiger partial charge on any atom is -0.482 e. The molecule has 0 saturated carbocycles. The first-order valence-electron chi connectivity index (χ1n) is 5.67. The van der Waals surface area contributed by atoms with Crippen molar-refractivity contribution in [3.05, 3.63) is 74.3 Å². The molecular weight excluding hydrogens is 264 g/mol. The highest BCUT2D eigenvalue weighted by atomic mass is 16.6. The molecule has 0 N–H and O–H groups in total. The summed E-state index contributed by atoms with van der Waals surface area (Å²) >= 11 is 0. The van der Waals surface area contributed by atoms with Crippen molar-refractivity contribution in [2.75, 3.05) is 0 Å². The molecule has 0 saturated heterocycles. The van der Waals surface area contributed by atoms with E-state index >= 15 is 0 Å². The smallest absolute Gasteiger partial charge is 0.310 e. The van der Waals surface area contributed by atoms with Gasteiger partial charge in [-0.25, -0.2) is 0 Å². The highest BCUT2D eigenvalue weighted by molar-refractivity contribution is 5.46. The summed E-state index contributed by atoms with van der Waals surface area (Å²) in [6.07, 6.45) is 0. The van der Waals surface area contributed by atoms with Gasteiger partial charge in [0, 0.05) is 18.2 Å². The van der Waals surface area contributed by atoms with E-state index in [9.17, 15) is 20.2 Å². The van der Waals surface area contributed by atoms with Crippen LogP contribution < -0.4 is 4.74 Å². The van der Waals surface area contributed by atoms with Crippen LogP contribution in [0.1, 0.15) is 5.56 Å². The summed E-state index contributed by atoms with van der Waals surface area (Å²) in [7, 11) is 0. The quantitative estimate of drug-likeness (QED) is 0.616. The molecule has 20 heavy (non-hydrogen) atoms. The number of ether oxygens (including phenoxy) is 1. The molecule has 0 bridgehead atoms. The Morgan fingerprint density at radius 3 is 2.40 bits per heavy atom. The maximum atomic E-state index is 10.8. The van der Waals surface area contributed by atoms with Gasteiger partial charge in [0.05, 0.1) is 9.85 Å². The normalized spacial score (nSPS) is 10.0. The van der Waals surface area contributed by atoms with Crippen LogP contribution >= 0.6 is 0 Å². The van der Waals surface area contributed by atoms with E-state index in [0.717, 1.165) is 0 Å². The number of non-ortho nitro benzene ring substituents is 1. The number of benzene rings is 2. The summed E-state index contributed by atoms with van der Waals surface area (Å²) < 4.78 is 5.35. The molecule has 0 aliphatic rings. The Labute approximate surface area is 113 Å². The zero-order valence-corrected chi connectivity index (χ0v) is 10.3. The number of hydrogen-bond donors (Lipinski definition) is 0. The Balaban J connectivity index is 2.15. The molecular formula is C13H10N2O5. The van der Waals surface area contributed by atoms with E-state index in [4.69, 9.17) is 4.74 Å². The number of nitro benzene ring substituents is 2. The second-order valence-corrected chi connectivity index (χ2v) is 3.94. The minimum absolute atomic E-state index is 0.0204. The van der Waals surface area contributed by atoms with Crippen molar-refractivity contribution in [1.29, 1.82) is 0 Å². The van der Waals surface area contributed by atoms with E-state index in [2.05, 4.69) is 0 Å². The van der Waals surface area contributed by atoms with E-state index in [1.807, 2.05) is 0 Å². The molecule has 2 rings (SSSR count). The summed E-state index contributed by atoms with van der Waals surface area (Å²) in [6, 6.07) is 11.9. The lowest BCUT2D eigenvalue weighted by molar-refractivity contribution is -0.386. The molecule has 0 spiro atoms. The van der Waals surface area contributed by atoms with Crippen LogP contribution in [0.2, 0.25) is 0 Å². The van der Waals surface area contributed by atoms with Gasteiger partial charge < -0.3 is 4.74 Å². The van der Waals surface area contributed by atoms with Gasteiger partial charge in [-0.15, -0.1) is 0 Å². The van der Waals surface area contributed by atoms with Crippen molar-refractivity contribution >= 4 is 11.4 Å². The van der Waals surface area contributed by atoms with E-state index < -0.39 is 9.85 Å². The molecule has 7 heteroatoms. The van der Waals surface area contributed by atoms with E-state index in [1.54, 1.807) is 18.2 Å². The number of nitro groups is 2. The zero-order valence-electron chi connectivity index (χ0n) is 10.3. The average Bonchev–Trinajstić information content (AvgIpc) is 2.45. The fraction of sp³-hybridized carbons (Fsp3) is 0.0769. The van der Waals surface area contributed by atoms with Crippen LogP contribution in [0.3, 0.4) is 0 Å². The maximum absolute atomic E-state index is 10.8. The van der Waals surface area contributed by atoms with Gasteiger partial charge in [0.1, 0.15) is 6.61 Å². The summed E-state index contributed by atoms with van der Waals surface area (Å²) in [5, 5.41) is 21.5. The van der Waals surface area contributed by atoms with Gasteiger partial charge in [-0.2, -0.15) is 0 Å². The van der Waals surface area contributed by atoms with Crippen LogP contribution in [0.15, 0.2) is 48.5 Å². The highest BCUT2D eigenvalue weighted by Crippen LogP contribution is 2.26. The van der Waals surface area contributed by atoms with Gasteiger partial charge in [-0.3, -0.25) is 20.2 Å². The van der Waals surface area contributed by atoms with Crippen LogP contribution in [-0.2, 0) is 6.61 Å². The number of para-hydroxylation sites is 2. The monoisotopic (exact) mass is 274 g/mol. The van der Waals surface area contributed by atoms with Gasteiger partial charge in [-0.1, -0.05) is 24.3 Å². The lowest BCUT2D eigenvalue weighted by atomic mass is 10.2. The molecule has 0 heterocycles.